The molecule has 0 aromatic carbocycles. The number of nitrogens with one attached hydrogen (secondary N) is 2. The van der Waals surface area contributed by atoms with Crippen molar-refractivity contribution < 1.29 is 34.1 Å². The Balaban J connectivity index is 4.40. The number of hydrogen-bond acceptors (Lipinski definition) is 6. The van der Waals surface area contributed by atoms with Crippen molar-refractivity contribution in [3.8, 4) is 0 Å². The van der Waals surface area contributed by atoms with Gasteiger partial charge in [-0.3, -0.25) is 14.4 Å². The molecule has 9 heteroatoms. The van der Waals surface area contributed by atoms with Crippen LogP contribution < -0.4 is 10.6 Å². The average molecular weight is 761 g/mol. The minimum absolute atomic E-state index is 0.0595. The third-order valence-electron chi connectivity index (χ3n) is 9.61. The van der Waals surface area contributed by atoms with Crippen molar-refractivity contribution >= 4 is 23.8 Å². The zero-order chi connectivity index (χ0) is 39.7. The lowest BCUT2D eigenvalue weighted by Gasteiger charge is -2.18. The second kappa shape index (κ2) is 39.7. The van der Waals surface area contributed by atoms with Crippen molar-refractivity contribution in [2.45, 2.75) is 212 Å². The number of amides is 2. The highest BCUT2D eigenvalue weighted by molar-refractivity contribution is 5.87. The highest BCUT2D eigenvalue weighted by Crippen LogP contribution is 2.18. The zero-order valence-corrected chi connectivity index (χ0v) is 34.5. The summed E-state index contributed by atoms with van der Waals surface area (Å²) in [5.41, 5.74) is 0. The average Bonchev–Trinajstić information content (AvgIpc) is 3.15. The number of carbonyl (C=O) groups excluding carboxylic acids is 3. The van der Waals surface area contributed by atoms with Crippen LogP contribution in [0.3, 0.4) is 0 Å². The quantitative estimate of drug-likeness (QED) is 0.0277. The number of carboxylic acid groups (broad SMARTS) is 1. The molecule has 4 N–H and O–H groups in total. The van der Waals surface area contributed by atoms with Gasteiger partial charge in [0.1, 0.15) is 12.1 Å². The summed E-state index contributed by atoms with van der Waals surface area (Å²) in [4.78, 5) is 47.5. The van der Waals surface area contributed by atoms with Crippen molar-refractivity contribution in [3.63, 3.8) is 0 Å². The number of unbranched alkanes of at least 4 members (excludes halogenated alkanes) is 19. The molecule has 0 aliphatic rings. The molecule has 0 heterocycles. The molecular formula is C45H80N2O7. The summed E-state index contributed by atoms with van der Waals surface area (Å²) >= 11 is 0. The van der Waals surface area contributed by atoms with Crippen LogP contribution in [-0.4, -0.2) is 59.3 Å². The van der Waals surface area contributed by atoms with Crippen molar-refractivity contribution in [2.75, 3.05) is 13.2 Å². The first-order chi connectivity index (χ1) is 26.3. The molecular weight excluding hydrogens is 681 g/mol. The Hall–Kier alpha value is -2.94. The predicted octanol–water partition coefficient (Wildman–Crippen LogP) is 10.6. The van der Waals surface area contributed by atoms with Gasteiger partial charge in [-0.15, -0.1) is 0 Å². The van der Waals surface area contributed by atoms with Gasteiger partial charge in [-0.2, -0.15) is 0 Å². The lowest BCUT2D eigenvalue weighted by atomic mass is 10.0. The zero-order valence-electron chi connectivity index (χ0n) is 34.5. The molecule has 0 bridgehead atoms. The van der Waals surface area contributed by atoms with E-state index >= 15 is 0 Å². The second-order valence-electron chi connectivity index (χ2n) is 14.8. The molecule has 312 valence electrons. The summed E-state index contributed by atoms with van der Waals surface area (Å²) in [7, 11) is 0. The monoisotopic (exact) mass is 761 g/mol. The van der Waals surface area contributed by atoms with Crippen LogP contribution in [0, 0.1) is 0 Å². The van der Waals surface area contributed by atoms with Crippen LogP contribution in [0.25, 0.3) is 0 Å². The van der Waals surface area contributed by atoms with Gasteiger partial charge in [0.25, 0.3) is 0 Å². The fourth-order valence-corrected chi connectivity index (χ4v) is 6.22. The van der Waals surface area contributed by atoms with Gasteiger partial charge in [0.2, 0.25) is 11.8 Å². The number of hydrogen-bond donors (Lipinski definition) is 4. The molecule has 0 aliphatic carbocycles. The van der Waals surface area contributed by atoms with E-state index in [2.05, 4.69) is 60.9 Å². The van der Waals surface area contributed by atoms with Crippen molar-refractivity contribution in [1.82, 2.24) is 10.6 Å². The maximum absolute atomic E-state index is 12.8. The number of carboxylic acids is 1. The van der Waals surface area contributed by atoms with E-state index in [4.69, 9.17) is 14.9 Å². The number of allylic oxidation sites excluding steroid dienone is 6. The standard InChI is InChI=1S/C45H80N2O7/c1-3-5-7-9-11-13-15-17-19-21-23-26-30-34-40(54-44(51)37-33-29-24-22-20-18-16-14-12-10-8-6-4-2)35-31-27-25-28-32-36-42(49)46-38-43(50)47-41(39-48)45(52)53/h14-17,21,23,40-41,48H,3-13,18-20,22,24-39H2,1-2H3,(H,46,49)(H,47,50)(H,52,53)/b16-14-,17-15-,23-21-. The number of ether oxygens (including phenoxy) is 1. The fourth-order valence-electron chi connectivity index (χ4n) is 6.22. The van der Waals surface area contributed by atoms with Gasteiger partial charge in [0.05, 0.1) is 13.2 Å². The van der Waals surface area contributed by atoms with Gasteiger partial charge in [-0.25, -0.2) is 4.79 Å². The number of aliphatic hydroxyl groups is 1. The smallest absolute Gasteiger partial charge is 0.328 e. The summed E-state index contributed by atoms with van der Waals surface area (Å²) in [6.45, 7) is 3.45. The molecule has 54 heavy (non-hydrogen) atoms. The van der Waals surface area contributed by atoms with E-state index in [-0.39, 0.29) is 30.9 Å². The third kappa shape index (κ3) is 36.1. The van der Waals surface area contributed by atoms with Crippen LogP contribution in [0.1, 0.15) is 200 Å². The maximum Gasteiger partial charge on any atom is 0.328 e. The lowest BCUT2D eigenvalue weighted by Crippen LogP contribution is -2.47. The van der Waals surface area contributed by atoms with E-state index in [1.54, 1.807) is 0 Å². The molecule has 2 atom stereocenters. The van der Waals surface area contributed by atoms with Crippen LogP contribution in [0.2, 0.25) is 0 Å². The topological polar surface area (TPSA) is 142 Å². The van der Waals surface area contributed by atoms with Gasteiger partial charge < -0.3 is 25.6 Å². The molecule has 0 aromatic heterocycles. The number of esters is 1. The first-order valence-corrected chi connectivity index (χ1v) is 21.9. The Kier molecular flexibility index (Phi) is 37.6. The predicted molar refractivity (Wildman–Crippen MR) is 222 cm³/mol. The van der Waals surface area contributed by atoms with E-state index in [1.165, 1.54) is 83.5 Å². The van der Waals surface area contributed by atoms with E-state index < -0.39 is 24.5 Å². The van der Waals surface area contributed by atoms with Gasteiger partial charge in [-0.1, -0.05) is 134 Å². The van der Waals surface area contributed by atoms with Crippen LogP contribution >= 0.6 is 0 Å². The Morgan fingerprint density at radius 1 is 0.556 bits per heavy atom. The van der Waals surface area contributed by atoms with E-state index in [0.29, 0.717) is 12.8 Å². The van der Waals surface area contributed by atoms with Gasteiger partial charge in [-0.05, 0) is 89.9 Å². The Morgan fingerprint density at radius 3 is 1.59 bits per heavy atom. The van der Waals surface area contributed by atoms with Gasteiger partial charge in [0, 0.05) is 12.8 Å². The van der Waals surface area contributed by atoms with E-state index in [1.807, 2.05) is 0 Å². The van der Waals surface area contributed by atoms with Crippen LogP contribution in [0.15, 0.2) is 36.5 Å². The minimum atomic E-state index is -1.39. The summed E-state index contributed by atoms with van der Waals surface area (Å²) in [6, 6.07) is -1.39. The molecule has 0 aliphatic heterocycles. The molecule has 0 aromatic rings. The highest BCUT2D eigenvalue weighted by Gasteiger charge is 2.19. The summed E-state index contributed by atoms with van der Waals surface area (Å²) < 4.78 is 6.00. The van der Waals surface area contributed by atoms with Crippen molar-refractivity contribution in [2.24, 2.45) is 0 Å². The summed E-state index contributed by atoms with van der Waals surface area (Å²) in [5.74, 6) is -2.33. The first kappa shape index (κ1) is 51.1. The Labute approximate surface area is 329 Å². The number of aliphatic hydroxyl groups excluding tert-OH is 1. The number of rotatable bonds is 39. The van der Waals surface area contributed by atoms with Crippen molar-refractivity contribution in [1.29, 1.82) is 0 Å². The maximum atomic E-state index is 12.8. The molecule has 0 radical (unpaired) electrons. The van der Waals surface area contributed by atoms with Crippen molar-refractivity contribution in [3.05, 3.63) is 36.5 Å². The molecule has 0 rings (SSSR count). The lowest BCUT2D eigenvalue weighted by molar-refractivity contribution is -0.150. The third-order valence-corrected chi connectivity index (χ3v) is 9.61. The molecule has 0 saturated carbocycles. The molecule has 2 unspecified atom stereocenters. The first-order valence-electron chi connectivity index (χ1n) is 21.9. The Bertz CT molecular complexity index is 1010. The van der Waals surface area contributed by atoms with Crippen LogP contribution in [0.5, 0.6) is 0 Å². The molecule has 0 spiro atoms. The molecule has 9 nitrogen and oxygen atoms in total. The fraction of sp³-hybridized carbons (Fsp3) is 0.778. The van der Waals surface area contributed by atoms with Gasteiger partial charge in [0.15, 0.2) is 0 Å². The highest BCUT2D eigenvalue weighted by atomic mass is 16.5. The van der Waals surface area contributed by atoms with E-state index in [0.717, 1.165) is 83.5 Å². The molecule has 2 amide bonds. The summed E-state index contributed by atoms with van der Waals surface area (Å²) in [6.07, 6.45) is 44.5. The summed E-state index contributed by atoms with van der Waals surface area (Å²) in [5, 5.41) is 22.5. The number of aliphatic carboxylic acids is 1. The largest absolute Gasteiger partial charge is 0.480 e. The molecule has 0 fully saturated rings. The van der Waals surface area contributed by atoms with E-state index in [9.17, 15) is 19.2 Å². The normalized spacial score (nSPS) is 12.8. The SMILES string of the molecule is CCCCCC/C=C\CCCCCCCC(=O)OC(CCC/C=C\C/C=C\CCCCCCC)CCCCCCCC(=O)NCC(=O)NC(CO)C(=O)O. The minimum Gasteiger partial charge on any atom is -0.480 e. The second-order valence-corrected chi connectivity index (χ2v) is 14.8. The van der Waals surface area contributed by atoms with Crippen LogP contribution in [0.4, 0.5) is 0 Å². The van der Waals surface area contributed by atoms with Crippen LogP contribution in [-0.2, 0) is 23.9 Å². The Morgan fingerprint density at radius 2 is 1.02 bits per heavy atom. The molecule has 0 saturated heterocycles. The number of carbonyl (C=O) groups is 4. The van der Waals surface area contributed by atoms with Gasteiger partial charge >= 0.3 is 11.9 Å².